The van der Waals surface area contributed by atoms with Crippen LogP contribution >= 0.6 is 15.9 Å². The molecule has 0 radical (unpaired) electrons. The van der Waals surface area contributed by atoms with Crippen LogP contribution < -0.4 is 10.2 Å². The van der Waals surface area contributed by atoms with Crippen molar-refractivity contribution < 1.29 is 9.84 Å². The molecule has 3 aromatic rings. The molecule has 0 bridgehead atoms. The van der Waals surface area contributed by atoms with E-state index in [1.807, 2.05) is 10.6 Å². The van der Waals surface area contributed by atoms with Crippen molar-refractivity contribution in [2.45, 2.75) is 57.1 Å². The summed E-state index contributed by atoms with van der Waals surface area (Å²) in [5.74, 6) is 1.24. The molecular formula is C25H27BrN2O3. The zero-order chi connectivity index (χ0) is 21.8. The number of nitrogens with zero attached hydrogens (tertiary/aromatic N) is 2. The van der Waals surface area contributed by atoms with Crippen molar-refractivity contribution >= 4 is 26.8 Å². The lowest BCUT2D eigenvalue weighted by Gasteiger charge is -2.38. The smallest absolute Gasteiger partial charge is 0.205 e. The summed E-state index contributed by atoms with van der Waals surface area (Å²) >= 11 is 3.40. The first-order valence-electron chi connectivity index (χ1n) is 10.9. The molecule has 5 rings (SSSR count). The number of aromatic nitrogens is 2. The van der Waals surface area contributed by atoms with E-state index in [4.69, 9.17) is 4.74 Å². The molecule has 3 heterocycles. The fourth-order valence-corrected chi connectivity index (χ4v) is 5.65. The normalized spacial score (nSPS) is 17.9. The van der Waals surface area contributed by atoms with Crippen LogP contribution in [0.15, 0.2) is 52.1 Å². The third-order valence-corrected chi connectivity index (χ3v) is 7.38. The fraction of sp³-hybridized carbons (Fsp3) is 0.440. The highest BCUT2D eigenvalue weighted by molar-refractivity contribution is 9.10. The van der Waals surface area contributed by atoms with Gasteiger partial charge >= 0.3 is 0 Å². The van der Waals surface area contributed by atoms with E-state index in [1.54, 1.807) is 18.6 Å². The van der Waals surface area contributed by atoms with Gasteiger partial charge in [0.1, 0.15) is 5.75 Å². The predicted octanol–water partition coefficient (Wildman–Crippen LogP) is 4.60. The van der Waals surface area contributed by atoms with Gasteiger partial charge in [-0.25, -0.2) is 0 Å². The summed E-state index contributed by atoms with van der Waals surface area (Å²) in [7, 11) is 0. The largest absolute Gasteiger partial charge is 0.493 e. The van der Waals surface area contributed by atoms with Crippen molar-refractivity contribution in [3.8, 4) is 5.75 Å². The van der Waals surface area contributed by atoms with E-state index < -0.39 is 5.60 Å². The Hall–Kier alpha value is -2.18. The van der Waals surface area contributed by atoms with Gasteiger partial charge in [0.05, 0.1) is 34.1 Å². The van der Waals surface area contributed by atoms with Gasteiger partial charge in [0.2, 0.25) is 5.43 Å². The molecule has 0 saturated heterocycles. The Morgan fingerprint density at radius 2 is 2.10 bits per heavy atom. The maximum Gasteiger partial charge on any atom is 0.205 e. The molecule has 0 spiro atoms. The van der Waals surface area contributed by atoms with Crippen molar-refractivity contribution in [2.24, 2.45) is 5.92 Å². The molecule has 1 aliphatic heterocycles. The highest BCUT2D eigenvalue weighted by Gasteiger charge is 2.48. The van der Waals surface area contributed by atoms with E-state index in [9.17, 15) is 9.90 Å². The van der Waals surface area contributed by atoms with E-state index in [1.165, 1.54) is 5.56 Å². The van der Waals surface area contributed by atoms with E-state index in [0.29, 0.717) is 22.8 Å². The Kier molecular flexibility index (Phi) is 4.98. The average molecular weight is 483 g/mol. The molecule has 1 unspecified atom stereocenters. The van der Waals surface area contributed by atoms with Crippen LogP contribution in [0.5, 0.6) is 5.75 Å². The van der Waals surface area contributed by atoms with Gasteiger partial charge in [-0.15, -0.1) is 0 Å². The number of pyridine rings is 2. The third-order valence-electron chi connectivity index (χ3n) is 6.81. The zero-order valence-corrected chi connectivity index (χ0v) is 19.5. The zero-order valence-electron chi connectivity index (χ0n) is 17.9. The maximum absolute atomic E-state index is 12.5. The second-order valence-corrected chi connectivity index (χ2v) is 10.5. The summed E-state index contributed by atoms with van der Waals surface area (Å²) in [6.07, 6.45) is 8.70. The lowest BCUT2D eigenvalue weighted by molar-refractivity contribution is -0.0230. The van der Waals surface area contributed by atoms with Crippen LogP contribution in [0.3, 0.4) is 0 Å². The quantitative estimate of drug-likeness (QED) is 0.557. The molecule has 2 aromatic heterocycles. The number of halogens is 1. The SMILES string of the molecule is CC(C)(CC(O)(Cn1cc(Br)c(=O)c2cnccc21)C1CC1)c1cccc2c1OCC2. The fourth-order valence-electron chi connectivity index (χ4n) is 5.19. The molecular weight excluding hydrogens is 456 g/mol. The highest BCUT2D eigenvalue weighted by Crippen LogP contribution is 2.49. The van der Waals surface area contributed by atoms with Gasteiger partial charge < -0.3 is 14.4 Å². The molecule has 2 aliphatic rings. The topological polar surface area (TPSA) is 64.4 Å². The molecule has 5 nitrogen and oxygen atoms in total. The van der Waals surface area contributed by atoms with Crippen molar-refractivity contribution in [3.05, 3.63) is 68.7 Å². The van der Waals surface area contributed by atoms with Crippen LogP contribution in [0.1, 0.15) is 44.2 Å². The molecule has 0 amide bonds. The minimum Gasteiger partial charge on any atom is -0.493 e. The van der Waals surface area contributed by atoms with Crippen LogP contribution in [-0.4, -0.2) is 26.9 Å². The standard InChI is InChI=1S/C25H27BrN2O3/c1-24(2,19-5-3-4-16-9-11-31-23(16)19)14-25(30,17-6-7-17)15-28-13-20(26)22(29)18-12-27-10-8-21(18)28/h3-5,8,10,12-13,17,30H,6-7,9,11,14-15H2,1-2H3. The van der Waals surface area contributed by atoms with E-state index in [0.717, 1.165) is 42.7 Å². The summed E-state index contributed by atoms with van der Waals surface area (Å²) in [6, 6.07) is 8.21. The van der Waals surface area contributed by atoms with Gasteiger partial charge in [0, 0.05) is 30.6 Å². The summed E-state index contributed by atoms with van der Waals surface area (Å²) in [5.41, 5.74) is 1.98. The van der Waals surface area contributed by atoms with Gasteiger partial charge in [-0.2, -0.15) is 0 Å². The molecule has 1 aliphatic carbocycles. The summed E-state index contributed by atoms with van der Waals surface area (Å²) < 4.78 is 8.47. The van der Waals surface area contributed by atoms with Crippen LogP contribution in [0.25, 0.3) is 10.9 Å². The number of fused-ring (bicyclic) bond motifs is 2. The molecule has 31 heavy (non-hydrogen) atoms. The summed E-state index contributed by atoms with van der Waals surface area (Å²) in [6.45, 7) is 5.54. The van der Waals surface area contributed by atoms with Crippen molar-refractivity contribution in [1.29, 1.82) is 0 Å². The number of rotatable bonds is 6. The number of hydrogen-bond donors (Lipinski definition) is 1. The first kappa shape index (κ1) is 20.7. The van der Waals surface area contributed by atoms with Gasteiger partial charge in [-0.05, 0) is 58.2 Å². The minimum absolute atomic E-state index is 0.0772. The number of aliphatic hydroxyl groups is 1. The summed E-state index contributed by atoms with van der Waals surface area (Å²) in [5, 5.41) is 12.6. The van der Waals surface area contributed by atoms with Gasteiger partial charge in [-0.1, -0.05) is 32.0 Å². The number of benzene rings is 1. The van der Waals surface area contributed by atoms with Crippen LogP contribution in [0.4, 0.5) is 0 Å². The van der Waals surface area contributed by atoms with E-state index in [2.05, 4.69) is 53.0 Å². The van der Waals surface area contributed by atoms with E-state index >= 15 is 0 Å². The predicted molar refractivity (Wildman–Crippen MR) is 125 cm³/mol. The Balaban J connectivity index is 1.53. The monoisotopic (exact) mass is 482 g/mol. The van der Waals surface area contributed by atoms with Crippen LogP contribution in [0, 0.1) is 5.92 Å². The summed E-state index contributed by atoms with van der Waals surface area (Å²) in [4.78, 5) is 16.7. The second-order valence-electron chi connectivity index (χ2n) is 9.66. The average Bonchev–Trinajstić information content (AvgIpc) is 3.49. The Morgan fingerprint density at radius 1 is 1.29 bits per heavy atom. The molecule has 1 saturated carbocycles. The lowest BCUT2D eigenvalue weighted by atomic mass is 9.72. The van der Waals surface area contributed by atoms with Gasteiger partial charge in [0.25, 0.3) is 0 Å². The van der Waals surface area contributed by atoms with E-state index in [-0.39, 0.29) is 16.8 Å². The van der Waals surface area contributed by atoms with Gasteiger partial charge in [-0.3, -0.25) is 9.78 Å². The van der Waals surface area contributed by atoms with Crippen molar-refractivity contribution in [3.63, 3.8) is 0 Å². The molecule has 1 atom stereocenters. The highest BCUT2D eigenvalue weighted by atomic mass is 79.9. The number of hydrogen-bond acceptors (Lipinski definition) is 4. The number of ether oxygens (including phenoxy) is 1. The maximum atomic E-state index is 12.5. The van der Waals surface area contributed by atoms with Crippen LogP contribution in [0.2, 0.25) is 0 Å². The van der Waals surface area contributed by atoms with Crippen molar-refractivity contribution in [1.82, 2.24) is 9.55 Å². The molecule has 6 heteroatoms. The molecule has 1 aromatic carbocycles. The number of para-hydroxylation sites is 1. The Morgan fingerprint density at radius 3 is 2.87 bits per heavy atom. The van der Waals surface area contributed by atoms with Crippen LogP contribution in [-0.2, 0) is 18.4 Å². The van der Waals surface area contributed by atoms with Gasteiger partial charge in [0.15, 0.2) is 0 Å². The second kappa shape index (κ2) is 7.45. The first-order chi connectivity index (χ1) is 14.8. The van der Waals surface area contributed by atoms with Crippen molar-refractivity contribution in [2.75, 3.05) is 6.61 Å². The lowest BCUT2D eigenvalue weighted by Crippen LogP contribution is -2.42. The molecule has 1 N–H and O–H groups in total. The first-order valence-corrected chi connectivity index (χ1v) is 11.7. The Labute approximate surface area is 190 Å². The molecule has 162 valence electrons. The molecule has 1 fully saturated rings. The third kappa shape index (κ3) is 3.70. The Bertz CT molecular complexity index is 1220. The minimum atomic E-state index is -0.893.